The molecule has 1 aromatic carbocycles. The number of benzene rings is 1. The highest BCUT2D eigenvalue weighted by atomic mass is 35.5. The van der Waals surface area contributed by atoms with Crippen molar-refractivity contribution in [2.75, 3.05) is 26.2 Å². The highest BCUT2D eigenvalue weighted by Crippen LogP contribution is 2.18. The lowest BCUT2D eigenvalue weighted by Crippen LogP contribution is -2.55. The van der Waals surface area contributed by atoms with E-state index in [-0.39, 0.29) is 5.91 Å². The summed E-state index contributed by atoms with van der Waals surface area (Å²) in [6.45, 7) is 8.09. The van der Waals surface area contributed by atoms with E-state index in [1.54, 1.807) is 31.7 Å². The number of halogens is 1. The monoisotopic (exact) mass is 367 g/mol. The summed E-state index contributed by atoms with van der Waals surface area (Å²) in [6, 6.07) is 6.61. The van der Waals surface area contributed by atoms with Gasteiger partial charge in [0.2, 0.25) is 5.91 Å². The van der Waals surface area contributed by atoms with Crippen molar-refractivity contribution in [2.45, 2.75) is 38.8 Å². The third-order valence-electron chi connectivity index (χ3n) is 3.80. The number of carbonyl (C=O) groups is 2. The van der Waals surface area contributed by atoms with Gasteiger partial charge in [0.05, 0.1) is 0 Å². The zero-order valence-electron chi connectivity index (χ0n) is 15.0. The van der Waals surface area contributed by atoms with Crippen molar-refractivity contribution in [3.05, 3.63) is 34.9 Å². The van der Waals surface area contributed by atoms with Crippen molar-refractivity contribution < 1.29 is 14.3 Å². The standard InChI is InChI=1S/C18H26ClN3O3/c1-18(2,3)25-17(24)21-15(12-13-6-4-5-7-14(13)19)16(23)22-10-8-20-9-11-22/h4-7,15,20H,8-12H2,1-3H3,(H,21,24). The molecule has 25 heavy (non-hydrogen) atoms. The van der Waals surface area contributed by atoms with Crippen LogP contribution in [0.5, 0.6) is 0 Å². The minimum absolute atomic E-state index is 0.118. The van der Waals surface area contributed by atoms with Crippen LogP contribution in [0.1, 0.15) is 26.3 Å². The van der Waals surface area contributed by atoms with E-state index in [1.807, 2.05) is 18.2 Å². The molecule has 1 fully saturated rings. The Labute approximate surface area is 153 Å². The number of hydrogen-bond donors (Lipinski definition) is 2. The van der Waals surface area contributed by atoms with Crippen LogP contribution in [0.3, 0.4) is 0 Å². The molecule has 7 heteroatoms. The Morgan fingerprint density at radius 2 is 1.92 bits per heavy atom. The molecule has 2 amide bonds. The number of ether oxygens (including phenoxy) is 1. The number of alkyl carbamates (subject to hydrolysis) is 1. The van der Waals surface area contributed by atoms with Crippen LogP contribution in [0.15, 0.2) is 24.3 Å². The van der Waals surface area contributed by atoms with Gasteiger partial charge in [-0.25, -0.2) is 4.79 Å². The van der Waals surface area contributed by atoms with E-state index in [0.29, 0.717) is 24.5 Å². The van der Waals surface area contributed by atoms with Gasteiger partial charge in [0.15, 0.2) is 0 Å². The van der Waals surface area contributed by atoms with Gasteiger partial charge >= 0.3 is 6.09 Å². The van der Waals surface area contributed by atoms with Crippen molar-refractivity contribution in [3.8, 4) is 0 Å². The third kappa shape index (κ3) is 6.21. The number of hydrogen-bond acceptors (Lipinski definition) is 4. The zero-order chi connectivity index (χ0) is 18.4. The number of carbonyl (C=O) groups excluding carboxylic acids is 2. The van der Waals surface area contributed by atoms with Crippen LogP contribution in [-0.2, 0) is 16.0 Å². The molecule has 0 aromatic heterocycles. The Balaban J connectivity index is 2.13. The molecule has 1 atom stereocenters. The van der Waals surface area contributed by atoms with Crippen LogP contribution >= 0.6 is 11.6 Å². The maximum Gasteiger partial charge on any atom is 0.408 e. The van der Waals surface area contributed by atoms with E-state index in [4.69, 9.17) is 16.3 Å². The Hall–Kier alpha value is -1.79. The molecule has 0 bridgehead atoms. The van der Waals surface area contributed by atoms with Crippen LogP contribution in [-0.4, -0.2) is 54.7 Å². The molecule has 0 spiro atoms. The topological polar surface area (TPSA) is 70.7 Å². The minimum atomic E-state index is -0.715. The molecule has 138 valence electrons. The zero-order valence-corrected chi connectivity index (χ0v) is 15.7. The maximum atomic E-state index is 12.9. The van der Waals surface area contributed by atoms with E-state index < -0.39 is 17.7 Å². The Bertz CT molecular complexity index is 610. The Morgan fingerprint density at radius 3 is 2.52 bits per heavy atom. The van der Waals surface area contributed by atoms with Gasteiger partial charge in [-0.1, -0.05) is 29.8 Å². The summed E-state index contributed by atoms with van der Waals surface area (Å²) in [4.78, 5) is 26.8. The fourth-order valence-corrected chi connectivity index (χ4v) is 2.85. The first-order valence-corrected chi connectivity index (χ1v) is 8.86. The second-order valence-electron chi connectivity index (χ2n) is 7.07. The summed E-state index contributed by atoms with van der Waals surface area (Å²) >= 11 is 6.22. The second-order valence-corrected chi connectivity index (χ2v) is 7.48. The largest absolute Gasteiger partial charge is 0.444 e. The van der Waals surface area contributed by atoms with Gasteiger partial charge in [0.1, 0.15) is 11.6 Å². The second kappa shape index (κ2) is 8.54. The molecule has 1 aliphatic rings. The number of amides is 2. The van der Waals surface area contributed by atoms with Gasteiger partial charge in [0.25, 0.3) is 0 Å². The predicted molar refractivity (Wildman–Crippen MR) is 97.8 cm³/mol. The van der Waals surface area contributed by atoms with Gasteiger partial charge in [-0.15, -0.1) is 0 Å². The number of nitrogens with one attached hydrogen (secondary N) is 2. The first kappa shape index (κ1) is 19.5. The average molecular weight is 368 g/mol. The summed E-state index contributed by atoms with van der Waals surface area (Å²) < 4.78 is 5.31. The highest BCUT2D eigenvalue weighted by molar-refractivity contribution is 6.31. The van der Waals surface area contributed by atoms with Gasteiger partial charge < -0.3 is 20.3 Å². The highest BCUT2D eigenvalue weighted by Gasteiger charge is 2.29. The van der Waals surface area contributed by atoms with Crippen LogP contribution in [0.4, 0.5) is 4.79 Å². The van der Waals surface area contributed by atoms with E-state index >= 15 is 0 Å². The summed E-state index contributed by atoms with van der Waals surface area (Å²) in [5.74, 6) is -0.118. The summed E-state index contributed by atoms with van der Waals surface area (Å²) in [5, 5.41) is 6.50. The maximum absolute atomic E-state index is 12.9. The number of nitrogens with zero attached hydrogens (tertiary/aromatic N) is 1. The van der Waals surface area contributed by atoms with Gasteiger partial charge in [-0.05, 0) is 32.4 Å². The van der Waals surface area contributed by atoms with E-state index in [9.17, 15) is 9.59 Å². The summed E-state index contributed by atoms with van der Waals surface area (Å²) in [7, 11) is 0. The molecule has 0 aliphatic carbocycles. The first-order valence-electron chi connectivity index (χ1n) is 8.49. The molecule has 1 aliphatic heterocycles. The molecule has 1 unspecified atom stereocenters. The van der Waals surface area contributed by atoms with Crippen molar-refractivity contribution in [1.29, 1.82) is 0 Å². The van der Waals surface area contributed by atoms with Crippen molar-refractivity contribution in [3.63, 3.8) is 0 Å². The average Bonchev–Trinajstić information content (AvgIpc) is 2.54. The van der Waals surface area contributed by atoms with Gasteiger partial charge in [-0.3, -0.25) is 4.79 Å². The molecular formula is C18H26ClN3O3. The molecular weight excluding hydrogens is 342 g/mol. The van der Waals surface area contributed by atoms with Crippen molar-refractivity contribution in [2.24, 2.45) is 0 Å². The molecule has 0 radical (unpaired) electrons. The molecule has 1 heterocycles. The summed E-state index contributed by atoms with van der Waals surface area (Å²) in [6.07, 6.45) is -0.283. The normalized spacial score (nSPS) is 16.2. The van der Waals surface area contributed by atoms with Crippen LogP contribution in [0.25, 0.3) is 0 Å². The third-order valence-corrected chi connectivity index (χ3v) is 4.17. The quantitative estimate of drug-likeness (QED) is 0.856. The lowest BCUT2D eigenvalue weighted by molar-refractivity contribution is -0.134. The molecule has 6 nitrogen and oxygen atoms in total. The molecule has 0 saturated carbocycles. The molecule has 1 aromatic rings. The lowest BCUT2D eigenvalue weighted by atomic mass is 10.0. The number of piperazine rings is 1. The smallest absolute Gasteiger partial charge is 0.408 e. The van der Waals surface area contributed by atoms with Crippen molar-refractivity contribution in [1.82, 2.24) is 15.5 Å². The molecule has 1 saturated heterocycles. The van der Waals surface area contributed by atoms with E-state index in [0.717, 1.165) is 18.7 Å². The minimum Gasteiger partial charge on any atom is -0.444 e. The SMILES string of the molecule is CC(C)(C)OC(=O)NC(Cc1ccccc1Cl)C(=O)N1CCNCC1. The molecule has 2 N–H and O–H groups in total. The molecule has 2 rings (SSSR count). The van der Waals surface area contributed by atoms with Gasteiger partial charge in [0, 0.05) is 37.6 Å². The fraction of sp³-hybridized carbons (Fsp3) is 0.556. The van der Waals surface area contributed by atoms with E-state index in [2.05, 4.69) is 10.6 Å². The Kier molecular flexibility index (Phi) is 6.67. The van der Waals surface area contributed by atoms with Crippen LogP contribution < -0.4 is 10.6 Å². The van der Waals surface area contributed by atoms with Crippen LogP contribution in [0, 0.1) is 0 Å². The lowest BCUT2D eigenvalue weighted by Gasteiger charge is -2.31. The van der Waals surface area contributed by atoms with Gasteiger partial charge in [-0.2, -0.15) is 0 Å². The predicted octanol–water partition coefficient (Wildman–Crippen LogP) is 2.21. The van der Waals surface area contributed by atoms with Crippen LogP contribution in [0.2, 0.25) is 5.02 Å². The Morgan fingerprint density at radius 1 is 1.28 bits per heavy atom. The van der Waals surface area contributed by atoms with Crippen molar-refractivity contribution >= 4 is 23.6 Å². The van der Waals surface area contributed by atoms with E-state index in [1.165, 1.54) is 0 Å². The first-order chi connectivity index (χ1) is 11.8. The fourth-order valence-electron chi connectivity index (χ4n) is 2.64. The number of rotatable bonds is 4. The summed E-state index contributed by atoms with van der Waals surface area (Å²) in [5.41, 5.74) is 0.186.